The van der Waals surface area contributed by atoms with Crippen molar-refractivity contribution in [3.8, 4) is 5.75 Å². The number of halogens is 10. The van der Waals surface area contributed by atoms with Gasteiger partial charge in [0.15, 0.2) is 0 Å². The van der Waals surface area contributed by atoms with Gasteiger partial charge in [0.05, 0.1) is 16.1 Å². The molecule has 0 aromatic heterocycles. The van der Waals surface area contributed by atoms with Crippen LogP contribution in [0.4, 0.5) is 61.4 Å². The molecule has 0 saturated carbocycles. The molecule has 0 fully saturated rings. The first-order valence-corrected chi connectivity index (χ1v) is 8.84. The van der Waals surface area contributed by atoms with Gasteiger partial charge in [-0.05, 0) is 24.3 Å². The van der Waals surface area contributed by atoms with E-state index in [9.17, 15) is 54.4 Å². The third kappa shape index (κ3) is 6.79. The number of hydrogen-bond acceptors (Lipinski definition) is 4. The number of non-ortho nitro benzene ring substituents is 1. The molecule has 7 nitrogen and oxygen atoms in total. The fraction of sp³-hybridized carbons (Fsp3) is 0.235. The molecule has 0 aliphatic rings. The maximum absolute atomic E-state index is 13.3. The van der Waals surface area contributed by atoms with E-state index in [-0.39, 0.29) is 12.1 Å². The molecule has 0 heterocycles. The fourth-order valence-corrected chi connectivity index (χ4v) is 2.40. The molecule has 2 rings (SSSR count). The number of benzene rings is 2. The summed E-state index contributed by atoms with van der Waals surface area (Å²) in [6.07, 6.45) is -15.2. The third-order valence-corrected chi connectivity index (χ3v) is 4.01. The molecule has 1 atom stereocenters. The number of anilines is 2. The highest BCUT2D eigenvalue weighted by Crippen LogP contribution is 2.41. The van der Waals surface area contributed by atoms with Crippen molar-refractivity contribution in [1.29, 1.82) is 0 Å². The predicted octanol–water partition coefficient (Wildman–Crippen LogP) is 6.78. The summed E-state index contributed by atoms with van der Waals surface area (Å²) >= 11 is 4.53. The zero-order valence-electron chi connectivity index (χ0n) is 15.9. The van der Waals surface area contributed by atoms with Gasteiger partial charge in [-0.1, -0.05) is 11.6 Å². The summed E-state index contributed by atoms with van der Waals surface area (Å²) in [5.74, 6) is -1.54. The summed E-state index contributed by atoms with van der Waals surface area (Å²) in [7, 11) is 0. The molecular formula is C17H9ClF9N3O4. The largest absolute Gasteiger partial charge is 0.444 e. The van der Waals surface area contributed by atoms with Crippen molar-refractivity contribution in [1.82, 2.24) is 0 Å². The number of ether oxygens (including phenoxy) is 1. The van der Waals surface area contributed by atoms with Crippen LogP contribution < -0.4 is 15.4 Å². The Bertz CT molecular complexity index is 1090. The first-order chi connectivity index (χ1) is 15.4. The van der Waals surface area contributed by atoms with E-state index in [0.29, 0.717) is 24.3 Å². The zero-order valence-corrected chi connectivity index (χ0v) is 16.7. The SMILES string of the molecule is O=C(Nc1cc([N+](=O)[O-])cc(C(F)(F)F)c1)Nc1ccc(OC(F)(F)C(F)Cl)c(C(F)(F)F)c1. The van der Waals surface area contributed by atoms with E-state index in [1.54, 1.807) is 10.6 Å². The summed E-state index contributed by atoms with van der Waals surface area (Å²) in [6.45, 7) is 0. The third-order valence-electron chi connectivity index (χ3n) is 3.76. The molecule has 0 aliphatic carbocycles. The van der Waals surface area contributed by atoms with Crippen LogP contribution in [0.25, 0.3) is 0 Å². The minimum Gasteiger partial charge on any atom is -0.429 e. The quantitative estimate of drug-likeness (QED) is 0.188. The smallest absolute Gasteiger partial charge is 0.429 e. The Kier molecular flexibility index (Phi) is 7.44. The molecule has 0 saturated heterocycles. The van der Waals surface area contributed by atoms with E-state index in [0.717, 1.165) is 0 Å². The van der Waals surface area contributed by atoms with Crippen LogP contribution in [0.5, 0.6) is 5.75 Å². The maximum Gasteiger partial charge on any atom is 0.444 e. The van der Waals surface area contributed by atoms with Crippen LogP contribution in [0.2, 0.25) is 0 Å². The van der Waals surface area contributed by atoms with Crippen LogP contribution >= 0.6 is 11.6 Å². The summed E-state index contributed by atoms with van der Waals surface area (Å²) in [5, 5.41) is 14.4. The highest BCUT2D eigenvalue weighted by molar-refractivity contribution is 6.20. The van der Waals surface area contributed by atoms with Gasteiger partial charge in [-0.3, -0.25) is 10.1 Å². The Morgan fingerprint density at radius 1 is 0.941 bits per heavy atom. The molecule has 0 radical (unpaired) electrons. The Morgan fingerprint density at radius 3 is 2.03 bits per heavy atom. The monoisotopic (exact) mass is 525 g/mol. The van der Waals surface area contributed by atoms with Crippen LogP contribution in [-0.4, -0.2) is 22.7 Å². The topological polar surface area (TPSA) is 93.5 Å². The molecule has 17 heteroatoms. The van der Waals surface area contributed by atoms with Gasteiger partial charge in [0.1, 0.15) is 5.75 Å². The van der Waals surface area contributed by atoms with Gasteiger partial charge >= 0.3 is 24.5 Å². The molecule has 2 N–H and O–H groups in total. The standard InChI is InChI=1S/C17H9ClF9N3O4/c18-13(19)17(26,27)34-12-2-1-8(6-11(12)16(23,24)25)28-14(31)29-9-3-7(15(20,21)22)4-10(5-9)30(32)33/h1-6,13H,(H2,28,29,31). The Labute approximate surface area is 187 Å². The minimum absolute atomic E-state index is 0.112. The molecule has 0 bridgehead atoms. The fourth-order valence-electron chi connectivity index (χ4n) is 2.36. The molecule has 0 aliphatic heterocycles. The van der Waals surface area contributed by atoms with Gasteiger partial charge in [0.2, 0.25) is 0 Å². The normalized spacial score (nSPS) is 13.2. The second-order valence-electron chi connectivity index (χ2n) is 6.28. The van der Waals surface area contributed by atoms with Gasteiger partial charge in [0, 0.05) is 23.5 Å². The number of nitrogens with one attached hydrogen (secondary N) is 2. The van der Waals surface area contributed by atoms with Crippen molar-refractivity contribution in [2.45, 2.75) is 24.1 Å². The van der Waals surface area contributed by atoms with Crippen LogP contribution in [0.15, 0.2) is 36.4 Å². The number of urea groups is 1. The molecular weight excluding hydrogens is 517 g/mol. The zero-order chi connectivity index (χ0) is 26.1. The summed E-state index contributed by atoms with van der Waals surface area (Å²) in [6, 6.07) is 0.667. The number of carbonyl (C=O) groups is 1. The predicted molar refractivity (Wildman–Crippen MR) is 98.5 cm³/mol. The van der Waals surface area contributed by atoms with E-state index >= 15 is 0 Å². The van der Waals surface area contributed by atoms with Crippen molar-refractivity contribution in [2.75, 3.05) is 10.6 Å². The van der Waals surface area contributed by atoms with Gasteiger partial charge in [-0.15, -0.1) is 0 Å². The summed E-state index contributed by atoms with van der Waals surface area (Å²) in [4.78, 5) is 21.7. The highest BCUT2D eigenvalue weighted by atomic mass is 35.5. The lowest BCUT2D eigenvalue weighted by atomic mass is 10.1. The Balaban J connectivity index is 2.32. The molecule has 0 spiro atoms. The Hall–Kier alpha value is -3.43. The number of nitrogens with zero attached hydrogens (tertiary/aromatic N) is 1. The minimum atomic E-state index is -5.33. The van der Waals surface area contributed by atoms with E-state index in [1.807, 2.05) is 0 Å². The first kappa shape index (κ1) is 26.8. The Morgan fingerprint density at radius 2 is 1.53 bits per heavy atom. The van der Waals surface area contributed by atoms with Crippen molar-refractivity contribution < 1.29 is 54.0 Å². The molecule has 1 unspecified atom stereocenters. The number of nitro groups is 1. The number of carbonyl (C=O) groups excluding carboxylic acids is 1. The van der Waals surface area contributed by atoms with Crippen molar-refractivity contribution >= 4 is 34.7 Å². The molecule has 2 aromatic rings. The second-order valence-corrected chi connectivity index (χ2v) is 6.66. The van der Waals surface area contributed by atoms with Crippen molar-refractivity contribution in [3.63, 3.8) is 0 Å². The second kappa shape index (κ2) is 9.44. The van der Waals surface area contributed by atoms with Gasteiger partial charge in [-0.2, -0.15) is 35.1 Å². The first-order valence-electron chi connectivity index (χ1n) is 8.41. The maximum atomic E-state index is 13.3. The van der Waals surface area contributed by atoms with E-state index < -0.39 is 69.0 Å². The van der Waals surface area contributed by atoms with Crippen LogP contribution in [0.1, 0.15) is 11.1 Å². The van der Waals surface area contributed by atoms with Gasteiger partial charge in [-0.25, -0.2) is 9.18 Å². The summed E-state index contributed by atoms with van der Waals surface area (Å²) < 4.78 is 121. The van der Waals surface area contributed by atoms with Gasteiger partial charge < -0.3 is 15.4 Å². The number of alkyl halides is 10. The van der Waals surface area contributed by atoms with E-state index in [4.69, 9.17) is 0 Å². The highest BCUT2D eigenvalue weighted by Gasteiger charge is 2.45. The van der Waals surface area contributed by atoms with Crippen molar-refractivity contribution in [2.24, 2.45) is 0 Å². The molecule has 2 aromatic carbocycles. The lowest BCUT2D eigenvalue weighted by Crippen LogP contribution is -2.33. The van der Waals surface area contributed by atoms with E-state index in [2.05, 4.69) is 16.3 Å². The van der Waals surface area contributed by atoms with Gasteiger partial charge in [0.25, 0.3) is 11.3 Å². The van der Waals surface area contributed by atoms with E-state index in [1.165, 1.54) is 0 Å². The number of nitro benzene ring substituents is 1. The molecule has 34 heavy (non-hydrogen) atoms. The molecule has 2 amide bonds. The number of amides is 2. The summed E-state index contributed by atoms with van der Waals surface area (Å²) in [5.41, 5.74) is -9.34. The molecule has 186 valence electrons. The lowest BCUT2D eigenvalue weighted by molar-refractivity contribution is -0.385. The number of rotatable bonds is 6. The number of hydrogen-bond donors (Lipinski definition) is 2. The van der Waals surface area contributed by atoms with Crippen LogP contribution in [-0.2, 0) is 12.4 Å². The average Bonchev–Trinajstić information content (AvgIpc) is 2.67. The average molecular weight is 526 g/mol. The van der Waals surface area contributed by atoms with Crippen LogP contribution in [0.3, 0.4) is 0 Å². The van der Waals surface area contributed by atoms with Crippen LogP contribution in [0, 0.1) is 10.1 Å². The van der Waals surface area contributed by atoms with Crippen molar-refractivity contribution in [3.05, 3.63) is 57.6 Å². The lowest BCUT2D eigenvalue weighted by Gasteiger charge is -2.21.